The molecule has 1 aromatic carbocycles. The maximum Gasteiger partial charge on any atom is 0.250 e. The second kappa shape index (κ2) is 9.50. The molecule has 0 spiro atoms. The number of ether oxygens (including phenoxy) is 3. The number of carbonyl (C=O) groups is 1. The van der Waals surface area contributed by atoms with Crippen LogP contribution < -0.4 is 15.4 Å². The Hall–Kier alpha value is -1.63. The molecule has 0 saturated carbocycles. The molecule has 1 aromatic rings. The molecule has 6 nitrogen and oxygen atoms in total. The van der Waals surface area contributed by atoms with Gasteiger partial charge in [-0.15, -0.1) is 0 Å². The molecule has 0 radical (unpaired) electrons. The summed E-state index contributed by atoms with van der Waals surface area (Å²) in [5, 5.41) is 6.06. The van der Waals surface area contributed by atoms with Crippen LogP contribution in [0.4, 0.5) is 0 Å². The lowest BCUT2D eigenvalue weighted by atomic mass is 10.1. The second-order valence-corrected chi connectivity index (χ2v) is 5.44. The van der Waals surface area contributed by atoms with Gasteiger partial charge in [0.15, 0.2) is 0 Å². The summed E-state index contributed by atoms with van der Waals surface area (Å²) in [5.41, 5.74) is 2.07. The largest absolute Gasteiger partial charge is 0.491 e. The Bertz CT molecular complexity index is 501. The monoisotopic (exact) mass is 322 g/mol. The molecule has 0 aromatic heterocycles. The number of carbonyl (C=O) groups excluding carboxylic acids is 1. The number of aryl methyl sites for hydroxylation is 1. The van der Waals surface area contributed by atoms with Crippen LogP contribution in [0, 0.1) is 6.92 Å². The van der Waals surface area contributed by atoms with E-state index in [1.807, 2.05) is 32.0 Å². The van der Waals surface area contributed by atoms with E-state index in [-0.39, 0.29) is 5.91 Å². The van der Waals surface area contributed by atoms with Gasteiger partial charge in [-0.3, -0.25) is 4.79 Å². The van der Waals surface area contributed by atoms with Crippen molar-refractivity contribution >= 4 is 5.91 Å². The molecule has 1 amide bonds. The summed E-state index contributed by atoms with van der Waals surface area (Å²) in [5.74, 6) is 0.686. The van der Waals surface area contributed by atoms with Crippen molar-refractivity contribution in [3.63, 3.8) is 0 Å². The van der Waals surface area contributed by atoms with E-state index in [0.717, 1.165) is 23.4 Å². The van der Waals surface area contributed by atoms with E-state index in [0.29, 0.717) is 39.5 Å². The van der Waals surface area contributed by atoms with Crippen LogP contribution in [0.5, 0.6) is 5.75 Å². The first-order chi connectivity index (χ1) is 11.2. The quantitative estimate of drug-likeness (QED) is 0.699. The molecule has 1 aliphatic heterocycles. The van der Waals surface area contributed by atoms with E-state index < -0.39 is 6.10 Å². The molecule has 1 aliphatic rings. The van der Waals surface area contributed by atoms with Crippen LogP contribution in [0.25, 0.3) is 0 Å². The molecule has 1 unspecified atom stereocenters. The van der Waals surface area contributed by atoms with Crippen LogP contribution in [0.15, 0.2) is 18.2 Å². The summed E-state index contributed by atoms with van der Waals surface area (Å²) in [6, 6.07) is 5.97. The van der Waals surface area contributed by atoms with Crippen molar-refractivity contribution in [1.29, 1.82) is 0 Å². The Morgan fingerprint density at radius 2 is 2.30 bits per heavy atom. The van der Waals surface area contributed by atoms with Gasteiger partial charge in [0.1, 0.15) is 18.5 Å². The fourth-order valence-corrected chi connectivity index (χ4v) is 2.33. The van der Waals surface area contributed by atoms with Gasteiger partial charge in [-0.05, 0) is 25.5 Å². The van der Waals surface area contributed by atoms with Gasteiger partial charge in [0.05, 0.1) is 13.2 Å². The van der Waals surface area contributed by atoms with Crippen molar-refractivity contribution in [1.82, 2.24) is 10.6 Å². The lowest BCUT2D eigenvalue weighted by molar-refractivity contribution is -0.134. The van der Waals surface area contributed by atoms with E-state index >= 15 is 0 Å². The number of benzene rings is 1. The third kappa shape index (κ3) is 5.82. The number of nitrogens with one attached hydrogen (secondary N) is 2. The molecule has 1 atom stereocenters. The number of rotatable bonds is 8. The van der Waals surface area contributed by atoms with Crippen molar-refractivity contribution in [3.05, 3.63) is 29.3 Å². The zero-order valence-corrected chi connectivity index (χ0v) is 13.9. The number of hydrogen-bond acceptors (Lipinski definition) is 5. The SMILES string of the molecule is CCOCCOc1cc(C)ccc1CNC(=O)C1CNCCO1. The molecule has 0 bridgehead atoms. The minimum atomic E-state index is -0.420. The van der Waals surface area contributed by atoms with Gasteiger partial charge < -0.3 is 24.8 Å². The van der Waals surface area contributed by atoms with Crippen LogP contribution in [0.3, 0.4) is 0 Å². The number of amides is 1. The molecule has 1 fully saturated rings. The highest BCUT2D eigenvalue weighted by atomic mass is 16.5. The first-order valence-corrected chi connectivity index (χ1v) is 8.10. The average molecular weight is 322 g/mol. The minimum absolute atomic E-state index is 0.0990. The number of hydrogen-bond donors (Lipinski definition) is 2. The Kier molecular flexibility index (Phi) is 7.32. The Morgan fingerprint density at radius 3 is 3.04 bits per heavy atom. The molecule has 1 heterocycles. The van der Waals surface area contributed by atoms with Crippen LogP contribution in [0.2, 0.25) is 0 Å². The van der Waals surface area contributed by atoms with Crippen molar-refractivity contribution in [2.45, 2.75) is 26.5 Å². The summed E-state index contributed by atoms with van der Waals surface area (Å²) in [6.45, 7) is 8.02. The molecule has 23 heavy (non-hydrogen) atoms. The van der Waals surface area contributed by atoms with E-state index in [2.05, 4.69) is 10.6 Å². The van der Waals surface area contributed by atoms with E-state index in [1.165, 1.54) is 0 Å². The zero-order chi connectivity index (χ0) is 16.5. The van der Waals surface area contributed by atoms with E-state index in [1.54, 1.807) is 0 Å². The molecule has 2 N–H and O–H groups in total. The standard InChI is InChI=1S/C17H26N2O4/c1-3-21-8-9-23-15-10-13(2)4-5-14(15)11-19-17(20)16-12-18-6-7-22-16/h4-5,10,16,18H,3,6-9,11-12H2,1-2H3,(H,19,20). The van der Waals surface area contributed by atoms with Crippen molar-refractivity contribution in [2.24, 2.45) is 0 Å². The summed E-state index contributed by atoms with van der Waals surface area (Å²) in [7, 11) is 0. The smallest absolute Gasteiger partial charge is 0.250 e. The molecular weight excluding hydrogens is 296 g/mol. The van der Waals surface area contributed by atoms with Gasteiger partial charge in [0.2, 0.25) is 0 Å². The summed E-state index contributed by atoms with van der Waals surface area (Å²) in [4.78, 5) is 12.1. The Balaban J connectivity index is 1.88. The third-order valence-electron chi connectivity index (χ3n) is 3.59. The lowest BCUT2D eigenvalue weighted by Crippen LogP contribution is -2.47. The highest BCUT2D eigenvalue weighted by Gasteiger charge is 2.21. The first-order valence-electron chi connectivity index (χ1n) is 8.10. The third-order valence-corrected chi connectivity index (χ3v) is 3.59. The van der Waals surface area contributed by atoms with E-state index in [4.69, 9.17) is 14.2 Å². The first kappa shape index (κ1) is 17.7. The molecule has 1 saturated heterocycles. The van der Waals surface area contributed by atoms with E-state index in [9.17, 15) is 4.79 Å². The second-order valence-electron chi connectivity index (χ2n) is 5.44. The molecule has 0 aliphatic carbocycles. The Morgan fingerprint density at radius 1 is 1.43 bits per heavy atom. The molecule has 6 heteroatoms. The highest BCUT2D eigenvalue weighted by Crippen LogP contribution is 2.20. The van der Waals surface area contributed by atoms with Gasteiger partial charge in [0.25, 0.3) is 5.91 Å². The predicted molar refractivity (Wildman–Crippen MR) is 87.6 cm³/mol. The molecular formula is C17H26N2O4. The Labute approximate surface area is 137 Å². The van der Waals surface area contributed by atoms with Gasteiger partial charge >= 0.3 is 0 Å². The van der Waals surface area contributed by atoms with Crippen LogP contribution in [-0.2, 0) is 20.8 Å². The maximum atomic E-state index is 12.1. The molecule has 128 valence electrons. The lowest BCUT2D eigenvalue weighted by Gasteiger charge is -2.23. The normalized spacial score (nSPS) is 17.7. The van der Waals surface area contributed by atoms with Gasteiger partial charge in [-0.1, -0.05) is 12.1 Å². The fraction of sp³-hybridized carbons (Fsp3) is 0.588. The van der Waals surface area contributed by atoms with Crippen LogP contribution >= 0.6 is 0 Å². The van der Waals surface area contributed by atoms with Gasteiger partial charge in [-0.2, -0.15) is 0 Å². The van der Waals surface area contributed by atoms with Crippen molar-refractivity contribution in [3.8, 4) is 5.75 Å². The summed E-state index contributed by atoms with van der Waals surface area (Å²) in [6.07, 6.45) is -0.420. The highest BCUT2D eigenvalue weighted by molar-refractivity contribution is 5.81. The topological polar surface area (TPSA) is 68.8 Å². The van der Waals surface area contributed by atoms with Gasteiger partial charge in [-0.25, -0.2) is 0 Å². The maximum absolute atomic E-state index is 12.1. The average Bonchev–Trinajstić information content (AvgIpc) is 2.58. The van der Waals surface area contributed by atoms with Crippen LogP contribution in [0.1, 0.15) is 18.1 Å². The summed E-state index contributed by atoms with van der Waals surface area (Å²) >= 11 is 0. The van der Waals surface area contributed by atoms with Crippen molar-refractivity contribution in [2.75, 3.05) is 39.5 Å². The predicted octanol–water partition coefficient (Wildman–Crippen LogP) is 1.01. The summed E-state index contributed by atoms with van der Waals surface area (Å²) < 4.78 is 16.5. The van der Waals surface area contributed by atoms with Crippen molar-refractivity contribution < 1.29 is 19.0 Å². The number of morpholine rings is 1. The molecule has 2 rings (SSSR count). The zero-order valence-electron chi connectivity index (χ0n) is 13.9. The fourth-order valence-electron chi connectivity index (χ4n) is 2.33. The minimum Gasteiger partial charge on any atom is -0.491 e. The van der Waals surface area contributed by atoms with Crippen LogP contribution in [-0.4, -0.2) is 51.5 Å². The van der Waals surface area contributed by atoms with Gasteiger partial charge in [0, 0.05) is 31.8 Å².